The van der Waals surface area contributed by atoms with Gasteiger partial charge in [0.2, 0.25) is 0 Å². The first-order valence-corrected chi connectivity index (χ1v) is 6.41. The molecule has 0 fully saturated rings. The summed E-state index contributed by atoms with van der Waals surface area (Å²) < 4.78 is 24.5. The Bertz CT molecular complexity index is 572. The molecule has 0 radical (unpaired) electrons. The third-order valence-corrected chi connectivity index (χ3v) is 2.93. The van der Waals surface area contributed by atoms with Crippen molar-refractivity contribution in [2.75, 3.05) is 14.2 Å². The molecule has 0 aliphatic heterocycles. The van der Waals surface area contributed by atoms with Crippen molar-refractivity contribution in [1.82, 2.24) is 5.32 Å². The first-order chi connectivity index (χ1) is 9.72. The normalized spacial score (nSPS) is 10.3. The zero-order chi connectivity index (χ0) is 14.4. The molecule has 0 amide bonds. The quantitative estimate of drug-likeness (QED) is 0.878. The van der Waals surface area contributed by atoms with E-state index in [2.05, 4.69) is 5.32 Å². The molecule has 0 atom stereocenters. The molecule has 0 unspecified atom stereocenters. The van der Waals surface area contributed by atoms with E-state index >= 15 is 0 Å². The van der Waals surface area contributed by atoms with Crippen molar-refractivity contribution in [2.45, 2.75) is 13.2 Å². The predicted molar refractivity (Wildman–Crippen MR) is 76.5 cm³/mol. The van der Waals surface area contributed by atoms with Crippen LogP contribution in [0.4, 0.5) is 4.39 Å². The Kier molecular flexibility index (Phi) is 4.96. The lowest BCUT2D eigenvalue weighted by atomic mass is 10.1. The second-order valence-corrected chi connectivity index (χ2v) is 4.42. The maximum Gasteiger partial charge on any atom is 0.129 e. The zero-order valence-corrected chi connectivity index (χ0v) is 11.7. The van der Waals surface area contributed by atoms with Crippen molar-refractivity contribution in [3.05, 3.63) is 59.4 Å². The average molecular weight is 275 g/mol. The summed E-state index contributed by atoms with van der Waals surface area (Å²) in [6.07, 6.45) is 0. The van der Waals surface area contributed by atoms with Gasteiger partial charge in [-0.05, 0) is 36.9 Å². The van der Waals surface area contributed by atoms with Crippen molar-refractivity contribution in [3.63, 3.8) is 0 Å². The van der Waals surface area contributed by atoms with Crippen molar-refractivity contribution >= 4 is 0 Å². The smallest absolute Gasteiger partial charge is 0.129 e. The first-order valence-electron chi connectivity index (χ1n) is 6.41. The summed E-state index contributed by atoms with van der Waals surface area (Å²) in [5, 5.41) is 3.04. The van der Waals surface area contributed by atoms with Gasteiger partial charge in [0.15, 0.2) is 0 Å². The zero-order valence-electron chi connectivity index (χ0n) is 11.7. The molecule has 0 spiro atoms. The summed E-state index contributed by atoms with van der Waals surface area (Å²) in [5.74, 6) is 1.11. The van der Waals surface area contributed by atoms with Gasteiger partial charge in [-0.15, -0.1) is 0 Å². The second kappa shape index (κ2) is 6.91. The number of methoxy groups -OCH3 is 1. The van der Waals surface area contributed by atoms with Gasteiger partial charge in [0, 0.05) is 18.2 Å². The first kappa shape index (κ1) is 14.3. The van der Waals surface area contributed by atoms with Crippen molar-refractivity contribution in [2.24, 2.45) is 0 Å². The number of hydrogen-bond acceptors (Lipinski definition) is 3. The van der Waals surface area contributed by atoms with Gasteiger partial charge in [-0.1, -0.05) is 12.1 Å². The third kappa shape index (κ3) is 3.71. The van der Waals surface area contributed by atoms with E-state index < -0.39 is 0 Å². The highest BCUT2D eigenvalue weighted by Gasteiger charge is 2.05. The molecular formula is C16H18FNO2. The van der Waals surface area contributed by atoms with Crippen LogP contribution in [0.25, 0.3) is 0 Å². The van der Waals surface area contributed by atoms with Gasteiger partial charge < -0.3 is 14.8 Å². The summed E-state index contributed by atoms with van der Waals surface area (Å²) in [6.45, 7) is 0.892. The lowest BCUT2D eigenvalue weighted by molar-refractivity contribution is 0.297. The Morgan fingerprint density at radius 1 is 1.10 bits per heavy atom. The summed E-state index contributed by atoms with van der Waals surface area (Å²) in [5.41, 5.74) is 1.57. The molecule has 0 bridgehead atoms. The van der Waals surface area contributed by atoms with Gasteiger partial charge in [-0.25, -0.2) is 4.39 Å². The van der Waals surface area contributed by atoms with E-state index in [4.69, 9.17) is 9.47 Å². The van der Waals surface area contributed by atoms with Crippen LogP contribution in [0, 0.1) is 5.82 Å². The highest BCUT2D eigenvalue weighted by molar-refractivity contribution is 5.33. The molecule has 0 heterocycles. The van der Waals surface area contributed by atoms with E-state index in [1.54, 1.807) is 19.2 Å². The minimum atomic E-state index is -0.257. The van der Waals surface area contributed by atoms with Gasteiger partial charge in [0.05, 0.1) is 7.11 Å². The lowest BCUT2D eigenvalue weighted by Gasteiger charge is -2.10. The van der Waals surface area contributed by atoms with E-state index in [0.717, 1.165) is 5.56 Å². The molecule has 2 aromatic carbocycles. The van der Waals surface area contributed by atoms with Crippen LogP contribution in [0.2, 0.25) is 0 Å². The molecule has 0 aromatic heterocycles. The fraction of sp³-hybridized carbons (Fsp3) is 0.250. The summed E-state index contributed by atoms with van der Waals surface area (Å²) >= 11 is 0. The van der Waals surface area contributed by atoms with Gasteiger partial charge in [-0.3, -0.25) is 0 Å². The van der Waals surface area contributed by atoms with Gasteiger partial charge >= 0.3 is 0 Å². The number of ether oxygens (including phenoxy) is 2. The maximum absolute atomic E-state index is 13.7. The van der Waals surface area contributed by atoms with Crippen molar-refractivity contribution < 1.29 is 13.9 Å². The predicted octanol–water partition coefficient (Wildman–Crippen LogP) is 3.13. The molecule has 20 heavy (non-hydrogen) atoms. The molecule has 0 saturated carbocycles. The molecule has 106 valence electrons. The fourth-order valence-electron chi connectivity index (χ4n) is 1.90. The molecule has 0 aliphatic rings. The molecule has 0 saturated heterocycles. The molecular weight excluding hydrogens is 257 g/mol. The van der Waals surface area contributed by atoms with Crippen LogP contribution in [0.15, 0.2) is 42.5 Å². The van der Waals surface area contributed by atoms with Crippen molar-refractivity contribution in [3.8, 4) is 11.5 Å². The van der Waals surface area contributed by atoms with Crippen LogP contribution in [0.1, 0.15) is 11.1 Å². The van der Waals surface area contributed by atoms with Crippen LogP contribution in [-0.2, 0) is 13.2 Å². The van der Waals surface area contributed by atoms with E-state index in [1.165, 1.54) is 6.07 Å². The second-order valence-electron chi connectivity index (χ2n) is 4.42. The van der Waals surface area contributed by atoms with Crippen LogP contribution in [0.5, 0.6) is 11.5 Å². The molecule has 2 rings (SSSR count). The highest BCUT2D eigenvalue weighted by atomic mass is 19.1. The topological polar surface area (TPSA) is 30.5 Å². The number of hydrogen-bond donors (Lipinski definition) is 1. The van der Waals surface area contributed by atoms with Gasteiger partial charge in [0.25, 0.3) is 0 Å². The minimum absolute atomic E-state index is 0.191. The molecule has 0 aliphatic carbocycles. The van der Waals surface area contributed by atoms with Crippen LogP contribution in [0.3, 0.4) is 0 Å². The minimum Gasteiger partial charge on any atom is -0.497 e. The Hall–Kier alpha value is -2.07. The summed E-state index contributed by atoms with van der Waals surface area (Å²) in [7, 11) is 3.45. The van der Waals surface area contributed by atoms with Gasteiger partial charge in [-0.2, -0.15) is 0 Å². The van der Waals surface area contributed by atoms with E-state index in [9.17, 15) is 4.39 Å². The lowest BCUT2D eigenvalue weighted by Crippen LogP contribution is -2.07. The summed E-state index contributed by atoms with van der Waals surface area (Å²) in [4.78, 5) is 0. The number of nitrogens with one attached hydrogen (secondary N) is 1. The molecule has 1 N–H and O–H groups in total. The monoisotopic (exact) mass is 275 g/mol. The number of benzene rings is 2. The molecule has 2 aromatic rings. The van der Waals surface area contributed by atoms with Crippen molar-refractivity contribution in [1.29, 1.82) is 0 Å². The Labute approximate surface area is 118 Å². The van der Waals surface area contributed by atoms with E-state index in [1.807, 2.05) is 31.3 Å². The molecule has 3 nitrogen and oxygen atoms in total. The maximum atomic E-state index is 13.7. The van der Waals surface area contributed by atoms with E-state index in [-0.39, 0.29) is 12.4 Å². The standard InChI is InChI=1S/C16H18FNO2/c1-18-10-12-6-7-16(17)13(8-12)11-20-15-5-3-4-14(9-15)19-2/h3-9,18H,10-11H2,1-2H3. The average Bonchev–Trinajstić information content (AvgIpc) is 2.48. The largest absolute Gasteiger partial charge is 0.497 e. The SMILES string of the molecule is CNCc1ccc(F)c(COc2cccc(OC)c2)c1. The third-order valence-electron chi connectivity index (χ3n) is 2.93. The number of halogens is 1. The fourth-order valence-corrected chi connectivity index (χ4v) is 1.90. The Morgan fingerprint density at radius 3 is 2.65 bits per heavy atom. The molecule has 4 heteroatoms. The van der Waals surface area contributed by atoms with Crippen LogP contribution < -0.4 is 14.8 Å². The van der Waals surface area contributed by atoms with Gasteiger partial charge in [0.1, 0.15) is 23.9 Å². The Morgan fingerprint density at radius 2 is 1.90 bits per heavy atom. The Balaban J connectivity index is 2.07. The van der Waals surface area contributed by atoms with Crippen LogP contribution in [-0.4, -0.2) is 14.2 Å². The summed E-state index contributed by atoms with van der Waals surface area (Å²) in [6, 6.07) is 12.3. The highest BCUT2D eigenvalue weighted by Crippen LogP contribution is 2.21. The number of rotatable bonds is 6. The van der Waals surface area contributed by atoms with E-state index in [0.29, 0.717) is 23.6 Å². The van der Waals surface area contributed by atoms with Crippen LogP contribution >= 0.6 is 0 Å².